The number of carbonyl (C=O) groups excluding carboxylic acids is 1. The van der Waals surface area contributed by atoms with Crippen LogP contribution < -0.4 is 5.73 Å². The van der Waals surface area contributed by atoms with Gasteiger partial charge in [-0.2, -0.15) is 0 Å². The molecule has 0 aliphatic heterocycles. The predicted octanol–water partition coefficient (Wildman–Crippen LogP) is 1.79. The van der Waals surface area contributed by atoms with Crippen molar-refractivity contribution in [2.45, 2.75) is 20.8 Å². The molecule has 0 radical (unpaired) electrons. The smallest absolute Gasteiger partial charge is 0.356 e. The molecule has 0 atom stereocenters. The Kier molecular flexibility index (Phi) is 5.29. The van der Waals surface area contributed by atoms with Gasteiger partial charge in [-0.15, -0.1) is 0 Å². The Morgan fingerprint density at radius 2 is 2.00 bits per heavy atom. The molecule has 2 N–H and O–H groups in total. The number of methoxy groups -OCH3 is 1. The van der Waals surface area contributed by atoms with Crippen LogP contribution in [0, 0.1) is 6.92 Å². The third kappa shape index (κ3) is 3.05. The molecular formula is C10H16N2O2. The third-order valence-electron chi connectivity index (χ3n) is 1.52. The van der Waals surface area contributed by atoms with Crippen molar-refractivity contribution >= 4 is 11.7 Å². The van der Waals surface area contributed by atoms with Crippen molar-refractivity contribution in [3.63, 3.8) is 0 Å². The lowest BCUT2D eigenvalue weighted by Gasteiger charge is -2.01. The Bertz CT molecular complexity index is 311. The van der Waals surface area contributed by atoms with Crippen molar-refractivity contribution < 1.29 is 9.53 Å². The molecule has 78 valence electrons. The van der Waals surface area contributed by atoms with E-state index >= 15 is 0 Å². The number of anilines is 1. The maximum Gasteiger partial charge on any atom is 0.356 e. The van der Waals surface area contributed by atoms with Gasteiger partial charge in [-0.05, 0) is 19.1 Å². The van der Waals surface area contributed by atoms with Crippen LogP contribution in [0.15, 0.2) is 12.1 Å². The van der Waals surface area contributed by atoms with Crippen molar-refractivity contribution in [2.75, 3.05) is 12.8 Å². The minimum Gasteiger partial charge on any atom is -0.464 e. The van der Waals surface area contributed by atoms with E-state index in [2.05, 4.69) is 9.72 Å². The highest BCUT2D eigenvalue weighted by atomic mass is 16.5. The number of rotatable bonds is 1. The molecule has 0 amide bonds. The van der Waals surface area contributed by atoms with E-state index in [-0.39, 0.29) is 5.69 Å². The summed E-state index contributed by atoms with van der Waals surface area (Å²) >= 11 is 0. The first-order chi connectivity index (χ1) is 6.65. The van der Waals surface area contributed by atoms with Gasteiger partial charge in [-0.3, -0.25) is 0 Å². The standard InChI is InChI=1S/C8H10N2O2.C2H6/c1-5-6(9)3-4-7(10-5)8(11)12-2;1-2/h3-4H,9H2,1-2H3;1-2H3. The number of hydrogen-bond donors (Lipinski definition) is 1. The van der Waals surface area contributed by atoms with E-state index in [0.29, 0.717) is 11.4 Å². The van der Waals surface area contributed by atoms with Crippen LogP contribution in [-0.2, 0) is 4.74 Å². The summed E-state index contributed by atoms with van der Waals surface area (Å²) in [5.74, 6) is -0.446. The second-order valence-electron chi connectivity index (χ2n) is 2.36. The van der Waals surface area contributed by atoms with Crippen molar-refractivity contribution in [3.8, 4) is 0 Å². The van der Waals surface area contributed by atoms with E-state index in [1.165, 1.54) is 13.2 Å². The second-order valence-corrected chi connectivity index (χ2v) is 2.36. The molecule has 0 saturated heterocycles. The van der Waals surface area contributed by atoms with Crippen molar-refractivity contribution in [2.24, 2.45) is 0 Å². The summed E-state index contributed by atoms with van der Waals surface area (Å²) in [5.41, 5.74) is 7.01. The second kappa shape index (κ2) is 5.96. The molecule has 14 heavy (non-hydrogen) atoms. The Morgan fingerprint density at radius 3 is 2.43 bits per heavy atom. The van der Waals surface area contributed by atoms with E-state index in [1.807, 2.05) is 13.8 Å². The summed E-state index contributed by atoms with van der Waals surface area (Å²) in [6, 6.07) is 3.17. The fraction of sp³-hybridized carbons (Fsp3) is 0.400. The monoisotopic (exact) mass is 196 g/mol. The maximum absolute atomic E-state index is 11.0. The minimum atomic E-state index is -0.446. The number of aromatic nitrogens is 1. The fourth-order valence-electron chi connectivity index (χ4n) is 0.790. The zero-order valence-electron chi connectivity index (χ0n) is 9.00. The zero-order valence-corrected chi connectivity index (χ0v) is 9.00. The number of nitrogen functional groups attached to an aromatic ring is 1. The lowest BCUT2D eigenvalue weighted by molar-refractivity contribution is 0.0594. The largest absolute Gasteiger partial charge is 0.464 e. The van der Waals surface area contributed by atoms with Crippen LogP contribution in [0.2, 0.25) is 0 Å². The normalized spacial score (nSPS) is 8.57. The van der Waals surface area contributed by atoms with Gasteiger partial charge in [0.2, 0.25) is 0 Å². The molecule has 0 aliphatic rings. The first-order valence-electron chi connectivity index (χ1n) is 4.46. The first kappa shape index (κ1) is 12.4. The van der Waals surface area contributed by atoms with Gasteiger partial charge in [0.15, 0.2) is 0 Å². The molecule has 4 nitrogen and oxygen atoms in total. The number of aryl methyl sites for hydroxylation is 1. The van der Waals surface area contributed by atoms with Crippen LogP contribution >= 0.6 is 0 Å². The van der Waals surface area contributed by atoms with Gasteiger partial charge in [0.25, 0.3) is 0 Å². The van der Waals surface area contributed by atoms with E-state index in [4.69, 9.17) is 5.73 Å². The van der Waals surface area contributed by atoms with Crippen molar-refractivity contribution in [1.82, 2.24) is 4.98 Å². The summed E-state index contributed by atoms with van der Waals surface area (Å²) in [6.45, 7) is 5.74. The maximum atomic E-state index is 11.0. The summed E-state index contributed by atoms with van der Waals surface area (Å²) in [5, 5.41) is 0. The van der Waals surface area contributed by atoms with Crippen LogP contribution in [0.3, 0.4) is 0 Å². The highest BCUT2D eigenvalue weighted by Gasteiger charge is 2.07. The summed E-state index contributed by atoms with van der Waals surface area (Å²) in [6.07, 6.45) is 0. The zero-order chi connectivity index (χ0) is 11.1. The topological polar surface area (TPSA) is 65.2 Å². The summed E-state index contributed by atoms with van der Waals surface area (Å²) in [7, 11) is 1.32. The number of hydrogen-bond acceptors (Lipinski definition) is 4. The number of nitrogens with two attached hydrogens (primary N) is 1. The van der Waals surface area contributed by atoms with E-state index < -0.39 is 5.97 Å². The van der Waals surface area contributed by atoms with Crippen molar-refractivity contribution in [3.05, 3.63) is 23.5 Å². The van der Waals surface area contributed by atoms with Gasteiger partial charge in [-0.1, -0.05) is 13.8 Å². The fourth-order valence-corrected chi connectivity index (χ4v) is 0.790. The molecular weight excluding hydrogens is 180 g/mol. The van der Waals surface area contributed by atoms with E-state index in [0.717, 1.165) is 0 Å². The lowest BCUT2D eigenvalue weighted by atomic mass is 10.3. The van der Waals surface area contributed by atoms with Crippen molar-refractivity contribution in [1.29, 1.82) is 0 Å². The van der Waals surface area contributed by atoms with E-state index in [1.54, 1.807) is 13.0 Å². The van der Waals surface area contributed by atoms with Crippen LogP contribution in [0.1, 0.15) is 30.0 Å². The lowest BCUT2D eigenvalue weighted by Crippen LogP contribution is -2.06. The molecule has 1 heterocycles. The number of ether oxygens (including phenoxy) is 1. The first-order valence-corrected chi connectivity index (χ1v) is 4.46. The number of esters is 1. The van der Waals surface area contributed by atoms with Crippen LogP contribution in [0.5, 0.6) is 0 Å². The van der Waals surface area contributed by atoms with E-state index in [9.17, 15) is 4.79 Å². The molecule has 0 saturated carbocycles. The molecule has 0 unspecified atom stereocenters. The predicted molar refractivity (Wildman–Crippen MR) is 56.1 cm³/mol. The molecule has 1 aromatic heterocycles. The molecule has 0 aliphatic carbocycles. The van der Waals surface area contributed by atoms with Gasteiger partial charge >= 0.3 is 5.97 Å². The number of pyridine rings is 1. The third-order valence-corrected chi connectivity index (χ3v) is 1.52. The molecule has 4 heteroatoms. The number of carbonyl (C=O) groups is 1. The Balaban J connectivity index is 0.000000791. The SMILES string of the molecule is CC.COC(=O)c1ccc(N)c(C)n1. The van der Waals surface area contributed by atoms with Crippen LogP contribution in [0.25, 0.3) is 0 Å². The van der Waals surface area contributed by atoms with Gasteiger partial charge in [0.05, 0.1) is 18.5 Å². The minimum absolute atomic E-state index is 0.282. The van der Waals surface area contributed by atoms with Gasteiger partial charge < -0.3 is 10.5 Å². The molecule has 0 bridgehead atoms. The summed E-state index contributed by atoms with van der Waals surface area (Å²) < 4.78 is 4.49. The van der Waals surface area contributed by atoms with Gasteiger partial charge in [0.1, 0.15) is 5.69 Å². The van der Waals surface area contributed by atoms with Crippen LogP contribution in [-0.4, -0.2) is 18.1 Å². The molecule has 0 aromatic carbocycles. The quantitative estimate of drug-likeness (QED) is 0.695. The Morgan fingerprint density at radius 1 is 1.43 bits per heavy atom. The molecule has 1 rings (SSSR count). The average Bonchev–Trinajstić information content (AvgIpc) is 2.24. The highest BCUT2D eigenvalue weighted by molar-refractivity contribution is 5.87. The number of nitrogens with zero attached hydrogens (tertiary/aromatic N) is 1. The Labute approximate surface area is 84.1 Å². The molecule has 0 spiro atoms. The molecule has 1 aromatic rings. The van der Waals surface area contributed by atoms with Gasteiger partial charge in [-0.25, -0.2) is 9.78 Å². The molecule has 0 fully saturated rings. The summed E-state index contributed by atoms with van der Waals surface area (Å²) in [4.78, 5) is 14.9. The highest BCUT2D eigenvalue weighted by Crippen LogP contribution is 2.08. The average molecular weight is 196 g/mol. The Hall–Kier alpha value is -1.58. The van der Waals surface area contributed by atoms with Crippen LogP contribution in [0.4, 0.5) is 5.69 Å². The van der Waals surface area contributed by atoms with Gasteiger partial charge in [0, 0.05) is 0 Å².